The lowest BCUT2D eigenvalue weighted by Gasteiger charge is -2.15. The average Bonchev–Trinajstić information content (AvgIpc) is 3.30. The number of nitrogens with one attached hydrogen (secondary N) is 4. The van der Waals surface area contributed by atoms with Gasteiger partial charge in [-0.25, -0.2) is 4.79 Å². The highest BCUT2D eigenvalue weighted by Gasteiger charge is 2.17. The Morgan fingerprint density at radius 3 is 1.47 bits per heavy atom. The molecule has 2 rings (SSSR count). The van der Waals surface area contributed by atoms with E-state index in [0.717, 1.165) is 50.8 Å². The van der Waals surface area contributed by atoms with Crippen molar-refractivity contribution in [2.24, 2.45) is 0 Å². The van der Waals surface area contributed by atoms with Crippen molar-refractivity contribution >= 4 is 72.8 Å². The zero-order chi connectivity index (χ0) is 55.3. The van der Waals surface area contributed by atoms with Gasteiger partial charge in [0, 0.05) is 90.8 Å². The molecule has 0 fully saturated rings. The molecular weight excluding hydrogens is 921 g/mol. The molecule has 0 saturated carbocycles. The molecule has 0 radical (unpaired) electrons. The van der Waals surface area contributed by atoms with Crippen LogP contribution in [0.2, 0.25) is 0 Å². The van der Waals surface area contributed by atoms with Gasteiger partial charge in [0.15, 0.2) is 0 Å². The van der Waals surface area contributed by atoms with Crippen molar-refractivity contribution in [3.05, 3.63) is 70.8 Å². The number of carbonyl (C=O) groups is 12. The Balaban J connectivity index is -0.000000199. The molecule has 0 atom stereocenters. The highest BCUT2D eigenvalue weighted by molar-refractivity contribution is 5.98. The number of hydroxylamine groups is 2. The van der Waals surface area contributed by atoms with Crippen LogP contribution >= 0.6 is 0 Å². The number of aliphatic carboxylic acids is 4. The quantitative estimate of drug-likeness (QED) is 0.0477. The number of carboxylic acid groups (broad SMARTS) is 4. The molecule has 0 aromatic heterocycles. The van der Waals surface area contributed by atoms with Gasteiger partial charge in [0.05, 0.1) is 5.56 Å². The maximum Gasteiger partial charge on any atom is 0.363 e. The van der Waals surface area contributed by atoms with Crippen LogP contribution in [0.25, 0.3) is 0 Å². The SMILES string of the molecule is CC.CC(=O)O.CC(=O)O.CC(=O)O.CCCNC.CN(OC(=O)c1cccc(C(=O)NCCC=O)c1)C(=O)CCC=O.CNCCC=O.Cc1cccc(C(=O)NCCCCN(C=O)CC(=O)O)c1. The molecule has 70 heavy (non-hydrogen) atoms. The summed E-state index contributed by atoms with van der Waals surface area (Å²) in [4.78, 5) is 131. The largest absolute Gasteiger partial charge is 0.481 e. The van der Waals surface area contributed by atoms with E-state index in [9.17, 15) is 43.2 Å². The normalized spacial score (nSPS) is 8.77. The van der Waals surface area contributed by atoms with E-state index in [1.54, 1.807) is 6.07 Å². The lowest BCUT2D eigenvalue weighted by molar-refractivity contribution is -0.161. The van der Waals surface area contributed by atoms with Crippen LogP contribution < -0.4 is 21.3 Å². The average molecular weight is 997 g/mol. The fourth-order valence-electron chi connectivity index (χ4n) is 4.03. The molecule has 4 amide bonds. The van der Waals surface area contributed by atoms with Crippen molar-refractivity contribution in [3.63, 3.8) is 0 Å². The highest BCUT2D eigenvalue weighted by Crippen LogP contribution is 2.09. The number of nitrogens with zero attached hydrogens (tertiary/aromatic N) is 2. The summed E-state index contributed by atoms with van der Waals surface area (Å²) in [5.41, 5.74) is 1.96. The lowest BCUT2D eigenvalue weighted by Crippen LogP contribution is -2.30. The van der Waals surface area contributed by atoms with Gasteiger partial charge in [0.1, 0.15) is 25.4 Å². The summed E-state index contributed by atoms with van der Waals surface area (Å²) in [6.07, 6.45) is 6.06. The smallest absolute Gasteiger partial charge is 0.363 e. The van der Waals surface area contributed by atoms with Gasteiger partial charge in [0.25, 0.3) is 35.6 Å². The number of carbonyl (C=O) groups excluding carboxylic acids is 8. The summed E-state index contributed by atoms with van der Waals surface area (Å²) < 4.78 is 0. The van der Waals surface area contributed by atoms with E-state index in [2.05, 4.69) is 28.2 Å². The second-order valence-corrected chi connectivity index (χ2v) is 13.3. The molecule has 0 unspecified atom stereocenters. The van der Waals surface area contributed by atoms with Crippen molar-refractivity contribution in [1.29, 1.82) is 0 Å². The topological polar surface area (TPSA) is 350 Å². The number of aryl methyl sites for hydroxylation is 1. The van der Waals surface area contributed by atoms with Crippen LogP contribution in [-0.2, 0) is 48.0 Å². The zero-order valence-corrected chi connectivity index (χ0v) is 42.1. The minimum Gasteiger partial charge on any atom is -0.481 e. The van der Waals surface area contributed by atoms with E-state index in [-0.39, 0.29) is 49.4 Å². The van der Waals surface area contributed by atoms with E-state index in [0.29, 0.717) is 56.9 Å². The molecule has 23 heteroatoms. The first kappa shape index (κ1) is 74.1. The maximum absolute atomic E-state index is 12.0. The number of amides is 4. The minimum absolute atomic E-state index is 0.0389. The summed E-state index contributed by atoms with van der Waals surface area (Å²) in [5.74, 6) is -5.41. The second-order valence-electron chi connectivity index (χ2n) is 13.3. The van der Waals surface area contributed by atoms with Gasteiger partial charge in [0.2, 0.25) is 6.41 Å². The minimum atomic E-state index is -1.03. The first-order valence-corrected chi connectivity index (χ1v) is 21.9. The Morgan fingerprint density at radius 2 is 1.07 bits per heavy atom. The summed E-state index contributed by atoms with van der Waals surface area (Å²) >= 11 is 0. The predicted molar refractivity (Wildman–Crippen MR) is 261 cm³/mol. The Labute approximate surface area is 410 Å². The molecular formula is C47H76N6O17. The maximum atomic E-state index is 12.0. The Bertz CT molecular complexity index is 1750. The fraction of sp³-hybridized carbons (Fsp3) is 0.489. The van der Waals surface area contributed by atoms with E-state index < -0.39 is 41.7 Å². The third-order valence-electron chi connectivity index (χ3n) is 6.89. The molecule has 8 N–H and O–H groups in total. The van der Waals surface area contributed by atoms with Gasteiger partial charge in [-0.2, -0.15) is 5.06 Å². The van der Waals surface area contributed by atoms with Crippen LogP contribution in [-0.4, -0.2) is 164 Å². The van der Waals surface area contributed by atoms with E-state index in [1.807, 2.05) is 53.1 Å². The van der Waals surface area contributed by atoms with Gasteiger partial charge in [-0.15, -0.1) is 0 Å². The Kier molecular flexibility index (Phi) is 57.4. The lowest BCUT2D eigenvalue weighted by atomic mass is 10.1. The van der Waals surface area contributed by atoms with Crippen molar-refractivity contribution in [3.8, 4) is 0 Å². The van der Waals surface area contributed by atoms with Gasteiger partial charge in [-0.3, -0.25) is 38.4 Å². The van der Waals surface area contributed by atoms with Crippen molar-refractivity contribution < 1.29 is 82.8 Å². The van der Waals surface area contributed by atoms with Crippen LogP contribution in [0.5, 0.6) is 0 Å². The van der Waals surface area contributed by atoms with E-state index >= 15 is 0 Å². The van der Waals surface area contributed by atoms with Gasteiger partial charge < -0.3 is 65.8 Å². The number of carboxylic acids is 4. The number of unbranched alkanes of at least 4 members (excludes halogenated alkanes) is 1. The van der Waals surface area contributed by atoms with Gasteiger partial charge in [-0.1, -0.05) is 44.5 Å². The zero-order valence-electron chi connectivity index (χ0n) is 42.1. The Hall–Kier alpha value is -7.40. The summed E-state index contributed by atoms with van der Waals surface area (Å²) in [5, 5.41) is 42.8. The highest BCUT2D eigenvalue weighted by atomic mass is 16.7. The van der Waals surface area contributed by atoms with Crippen molar-refractivity contribution in [2.75, 3.05) is 60.4 Å². The Morgan fingerprint density at radius 1 is 0.629 bits per heavy atom. The summed E-state index contributed by atoms with van der Waals surface area (Å²) in [6.45, 7) is 14.0. The first-order valence-electron chi connectivity index (χ1n) is 21.9. The van der Waals surface area contributed by atoms with Crippen LogP contribution in [0.15, 0.2) is 48.5 Å². The predicted octanol–water partition coefficient (Wildman–Crippen LogP) is 3.27. The molecule has 0 bridgehead atoms. The fourth-order valence-corrected chi connectivity index (χ4v) is 4.03. The third-order valence-corrected chi connectivity index (χ3v) is 6.89. The standard InChI is InChI=1S/C16H18N2O6.C15H20N2O4.C4H9NO.C4H11N.3C2H4O2.C2H6/c1-18(14(21)7-3-9-19)24-16(23)13-6-2-5-12(11-13)15(22)17-8-4-10-20;1-12-5-4-6-13(9-12)15(21)16-7-2-3-8-17(11-18)10-14(19)20;1-5-3-2-4-6;1-3-4-5-2;3*1-2(3)4;1-2/h2,5-6,9-11H,3-4,7-8H2,1H3,(H,17,22);4-6,9,11H,2-3,7-8,10H2,1H3,(H,16,21)(H,19,20);4-5H,2-3H2,1H3;5H,3-4H2,1-2H3;3*1H3,(H,3,4);1-2H3. The van der Waals surface area contributed by atoms with Crippen LogP contribution in [0.1, 0.15) is 123 Å². The van der Waals surface area contributed by atoms with Crippen molar-refractivity contribution in [1.82, 2.24) is 31.2 Å². The second kappa shape index (κ2) is 54.2. The molecule has 0 aliphatic carbocycles. The third kappa shape index (κ3) is 58.6. The summed E-state index contributed by atoms with van der Waals surface area (Å²) in [7, 11) is 5.05. The van der Waals surface area contributed by atoms with Crippen LogP contribution in [0, 0.1) is 6.92 Å². The molecule has 396 valence electrons. The molecule has 2 aromatic rings. The van der Waals surface area contributed by atoms with E-state index in [4.69, 9.17) is 39.6 Å². The van der Waals surface area contributed by atoms with Gasteiger partial charge >= 0.3 is 11.9 Å². The van der Waals surface area contributed by atoms with Crippen LogP contribution in [0.4, 0.5) is 0 Å². The molecule has 2 aromatic carbocycles. The monoisotopic (exact) mass is 997 g/mol. The summed E-state index contributed by atoms with van der Waals surface area (Å²) in [6, 6.07) is 13.1. The molecule has 0 spiro atoms. The number of benzene rings is 2. The van der Waals surface area contributed by atoms with Crippen LogP contribution in [0.3, 0.4) is 0 Å². The first-order chi connectivity index (χ1) is 33.0. The van der Waals surface area contributed by atoms with Gasteiger partial charge in [-0.05, 0) is 77.2 Å². The molecule has 0 heterocycles. The molecule has 23 nitrogen and oxygen atoms in total. The number of hydrogen-bond acceptors (Lipinski definition) is 15. The number of rotatable bonds is 22. The van der Waals surface area contributed by atoms with E-state index in [1.165, 1.54) is 42.6 Å². The van der Waals surface area contributed by atoms with Crippen molar-refractivity contribution in [2.45, 2.75) is 93.4 Å². The number of aldehydes is 3. The molecule has 0 saturated heterocycles. The number of hydrogen-bond donors (Lipinski definition) is 8. The molecule has 0 aliphatic rings. The molecule has 0 aliphatic heterocycles.